The highest BCUT2D eigenvalue weighted by atomic mass is 19.4. The summed E-state index contributed by atoms with van der Waals surface area (Å²) in [7, 11) is 0. The maximum absolute atomic E-state index is 13.0. The summed E-state index contributed by atoms with van der Waals surface area (Å²) >= 11 is 0. The van der Waals surface area contributed by atoms with Gasteiger partial charge in [-0.1, -0.05) is 18.2 Å². The van der Waals surface area contributed by atoms with Crippen molar-refractivity contribution in [2.75, 3.05) is 31.1 Å². The summed E-state index contributed by atoms with van der Waals surface area (Å²) in [5, 5.41) is 0. The number of rotatable bonds is 4. The van der Waals surface area contributed by atoms with Gasteiger partial charge < -0.3 is 9.72 Å². The zero-order chi connectivity index (χ0) is 23.2. The summed E-state index contributed by atoms with van der Waals surface area (Å²) < 4.78 is 46.3. The van der Waals surface area contributed by atoms with E-state index in [9.17, 15) is 22.8 Å². The monoisotopic (exact) mass is 460 g/mol. The van der Waals surface area contributed by atoms with Gasteiger partial charge in [-0.2, -0.15) is 13.2 Å². The van der Waals surface area contributed by atoms with Crippen LogP contribution < -0.4 is 10.6 Å². The third kappa shape index (κ3) is 4.22. The van der Waals surface area contributed by atoms with Crippen LogP contribution in [-0.4, -0.2) is 52.8 Å². The van der Waals surface area contributed by atoms with Gasteiger partial charge in [-0.25, -0.2) is 9.59 Å². The number of amides is 1. The highest BCUT2D eigenvalue weighted by Gasteiger charge is 2.36. The lowest BCUT2D eigenvalue weighted by molar-refractivity contribution is -0.137. The average molecular weight is 460 g/mol. The summed E-state index contributed by atoms with van der Waals surface area (Å²) in [5.74, 6) is 0. The minimum absolute atomic E-state index is 0.0811. The lowest BCUT2D eigenvalue weighted by Crippen LogP contribution is -2.41. The van der Waals surface area contributed by atoms with E-state index in [1.807, 2.05) is 28.8 Å². The number of anilines is 1. The quantitative estimate of drug-likeness (QED) is 0.639. The number of carbonyl (C=O) groups is 1. The van der Waals surface area contributed by atoms with E-state index in [4.69, 9.17) is 4.74 Å². The van der Waals surface area contributed by atoms with Crippen LogP contribution in [0.4, 0.5) is 23.7 Å². The minimum Gasteiger partial charge on any atom is -0.443 e. The number of ether oxygens (including phenoxy) is 1. The predicted molar refractivity (Wildman–Crippen MR) is 116 cm³/mol. The molecule has 0 bridgehead atoms. The molecule has 0 spiro atoms. The molecule has 7 nitrogen and oxygen atoms in total. The molecule has 0 saturated carbocycles. The van der Waals surface area contributed by atoms with Crippen LogP contribution in [-0.2, 0) is 10.9 Å². The number of hydrogen-bond acceptors (Lipinski definition) is 4. The zero-order valence-electron chi connectivity index (χ0n) is 17.7. The third-order valence-electron chi connectivity index (χ3n) is 6.37. The molecule has 174 valence electrons. The first kappa shape index (κ1) is 21.6. The smallest absolute Gasteiger partial charge is 0.416 e. The van der Waals surface area contributed by atoms with Gasteiger partial charge in [0.25, 0.3) is 0 Å². The first-order chi connectivity index (χ1) is 15.8. The number of hydrogen-bond donors (Lipinski definition) is 1. The summed E-state index contributed by atoms with van der Waals surface area (Å²) in [5.41, 5.74) is 0.969. The maximum Gasteiger partial charge on any atom is 0.416 e. The molecule has 2 aliphatic rings. The molecular weight excluding hydrogens is 437 g/mol. The molecule has 3 aromatic rings. The van der Waals surface area contributed by atoms with Gasteiger partial charge in [-0.05, 0) is 43.2 Å². The lowest BCUT2D eigenvalue weighted by atomic mass is 10.0. The van der Waals surface area contributed by atoms with Crippen molar-refractivity contribution >= 4 is 22.8 Å². The van der Waals surface area contributed by atoms with Crippen molar-refractivity contribution in [1.29, 1.82) is 0 Å². The molecular formula is C23H23F3N4O3. The number of imidazole rings is 1. The Morgan fingerprint density at radius 3 is 2.55 bits per heavy atom. The van der Waals surface area contributed by atoms with Gasteiger partial charge >= 0.3 is 18.0 Å². The van der Waals surface area contributed by atoms with Crippen molar-refractivity contribution < 1.29 is 22.7 Å². The number of aromatic nitrogens is 2. The number of nitrogens with one attached hydrogen (secondary N) is 1. The Morgan fingerprint density at radius 1 is 1.03 bits per heavy atom. The Hall–Kier alpha value is -3.27. The van der Waals surface area contributed by atoms with Crippen molar-refractivity contribution in [2.45, 2.75) is 31.2 Å². The molecule has 1 N–H and O–H groups in total. The number of carbonyl (C=O) groups excluding carboxylic acids is 1. The minimum atomic E-state index is -4.48. The van der Waals surface area contributed by atoms with Crippen molar-refractivity contribution in [2.24, 2.45) is 0 Å². The molecule has 1 aromatic heterocycles. The first-order valence-corrected chi connectivity index (χ1v) is 10.9. The van der Waals surface area contributed by atoms with E-state index in [-0.39, 0.29) is 24.0 Å². The van der Waals surface area contributed by atoms with E-state index in [1.165, 1.54) is 17.0 Å². The fourth-order valence-corrected chi connectivity index (χ4v) is 4.76. The zero-order valence-corrected chi connectivity index (χ0v) is 17.7. The highest BCUT2D eigenvalue weighted by Crippen LogP contribution is 2.33. The van der Waals surface area contributed by atoms with Crippen molar-refractivity contribution in [3.8, 4) is 0 Å². The number of piperidine rings is 1. The average Bonchev–Trinajstić information content (AvgIpc) is 3.32. The van der Waals surface area contributed by atoms with Crippen molar-refractivity contribution in [1.82, 2.24) is 14.5 Å². The van der Waals surface area contributed by atoms with Gasteiger partial charge in [0.1, 0.15) is 6.10 Å². The largest absolute Gasteiger partial charge is 0.443 e. The summed E-state index contributed by atoms with van der Waals surface area (Å²) in [6, 6.07) is 12.4. The molecule has 2 saturated heterocycles. The van der Waals surface area contributed by atoms with Crippen molar-refractivity contribution in [3.05, 3.63) is 64.6 Å². The summed E-state index contributed by atoms with van der Waals surface area (Å²) in [6.45, 7) is 2.15. The molecule has 3 heterocycles. The number of cyclic esters (lactones) is 1. The normalized spacial score (nSPS) is 20.5. The Morgan fingerprint density at radius 2 is 1.79 bits per heavy atom. The second-order valence-corrected chi connectivity index (χ2v) is 8.51. The van der Waals surface area contributed by atoms with Crippen LogP contribution in [0.3, 0.4) is 0 Å². The number of benzene rings is 2. The van der Waals surface area contributed by atoms with Gasteiger partial charge in [-0.3, -0.25) is 14.4 Å². The second kappa shape index (κ2) is 8.26. The molecule has 2 fully saturated rings. The van der Waals surface area contributed by atoms with Crippen LogP contribution >= 0.6 is 0 Å². The van der Waals surface area contributed by atoms with Gasteiger partial charge in [0.15, 0.2) is 0 Å². The van der Waals surface area contributed by atoms with Gasteiger partial charge in [0.05, 0.1) is 23.1 Å². The number of aromatic amines is 1. The van der Waals surface area contributed by atoms with Crippen molar-refractivity contribution in [3.63, 3.8) is 0 Å². The molecule has 0 aliphatic carbocycles. The molecule has 1 amide bonds. The first-order valence-electron chi connectivity index (χ1n) is 10.9. The fraction of sp³-hybridized carbons (Fsp3) is 0.391. The van der Waals surface area contributed by atoms with E-state index in [0.717, 1.165) is 49.1 Å². The number of likely N-dealkylation sites (tertiary alicyclic amines) is 1. The van der Waals surface area contributed by atoms with E-state index >= 15 is 0 Å². The number of para-hydroxylation sites is 2. The number of nitrogens with zero attached hydrogens (tertiary/aromatic N) is 3. The molecule has 1 unspecified atom stereocenters. The SMILES string of the molecule is O=C1OC(CN2CCC(n3c(=O)[nH]c4ccccc43)CC2)CN1c1cccc(C(F)(F)F)c1. The van der Waals surface area contributed by atoms with Crippen LogP contribution in [0.5, 0.6) is 0 Å². The van der Waals surface area contributed by atoms with Crippen LogP contribution in [0.2, 0.25) is 0 Å². The number of H-pyrrole nitrogens is 1. The van der Waals surface area contributed by atoms with E-state index in [1.54, 1.807) is 0 Å². The summed E-state index contributed by atoms with van der Waals surface area (Å²) in [6.07, 6.45) is -3.99. The Bertz CT molecular complexity index is 1230. The van der Waals surface area contributed by atoms with E-state index in [0.29, 0.717) is 6.54 Å². The fourth-order valence-electron chi connectivity index (χ4n) is 4.76. The number of halogens is 3. The standard InChI is InChI=1S/C23H23F3N4O3/c24-23(25,26)15-4-3-5-17(12-15)29-14-18(33-22(29)32)13-28-10-8-16(9-11-28)30-20-7-2-1-6-19(20)27-21(30)31/h1-7,12,16,18H,8-11,13-14H2,(H,27,31). The van der Waals surface area contributed by atoms with Crippen LogP contribution in [0.1, 0.15) is 24.4 Å². The molecule has 5 rings (SSSR count). The van der Waals surface area contributed by atoms with Crippen LogP contribution in [0, 0.1) is 0 Å². The maximum atomic E-state index is 13.0. The van der Waals surface area contributed by atoms with Crippen LogP contribution in [0.25, 0.3) is 11.0 Å². The molecule has 1 atom stereocenters. The molecule has 2 aliphatic heterocycles. The molecule has 2 aromatic carbocycles. The second-order valence-electron chi connectivity index (χ2n) is 8.51. The Balaban J connectivity index is 1.21. The molecule has 33 heavy (non-hydrogen) atoms. The highest BCUT2D eigenvalue weighted by molar-refractivity contribution is 5.89. The molecule has 0 radical (unpaired) electrons. The van der Waals surface area contributed by atoms with Crippen LogP contribution in [0.15, 0.2) is 53.3 Å². The molecule has 10 heteroatoms. The van der Waals surface area contributed by atoms with Gasteiger partial charge in [0, 0.05) is 31.4 Å². The Labute approximate surface area is 187 Å². The van der Waals surface area contributed by atoms with Gasteiger partial charge in [0.2, 0.25) is 0 Å². The summed E-state index contributed by atoms with van der Waals surface area (Å²) in [4.78, 5) is 31.1. The predicted octanol–water partition coefficient (Wildman–Crippen LogP) is 4.01. The van der Waals surface area contributed by atoms with E-state index in [2.05, 4.69) is 9.88 Å². The topological polar surface area (TPSA) is 70.6 Å². The van der Waals surface area contributed by atoms with E-state index < -0.39 is 23.9 Å². The number of fused-ring (bicyclic) bond motifs is 1. The lowest BCUT2D eigenvalue weighted by Gasteiger charge is -2.33. The number of alkyl halides is 3. The third-order valence-corrected chi connectivity index (χ3v) is 6.37. The Kier molecular flexibility index (Phi) is 5.40. The van der Waals surface area contributed by atoms with Gasteiger partial charge in [-0.15, -0.1) is 0 Å².